The molecule has 0 saturated carbocycles. The van der Waals surface area contributed by atoms with E-state index < -0.39 is 10.0 Å². The van der Waals surface area contributed by atoms with Crippen LogP contribution in [-0.4, -0.2) is 59.5 Å². The van der Waals surface area contributed by atoms with Gasteiger partial charge in [-0.2, -0.15) is 0 Å². The molecule has 1 aromatic rings. The van der Waals surface area contributed by atoms with E-state index in [0.717, 1.165) is 17.4 Å². The summed E-state index contributed by atoms with van der Waals surface area (Å²) in [6.07, 6.45) is 1.20. The molecule has 2 rings (SSSR count). The summed E-state index contributed by atoms with van der Waals surface area (Å²) in [5.74, 6) is 1.50. The molecule has 0 aromatic heterocycles. The maximum absolute atomic E-state index is 12.5. The lowest BCUT2D eigenvalue weighted by atomic mass is 9.92. The van der Waals surface area contributed by atoms with Gasteiger partial charge in [0.05, 0.1) is 30.8 Å². The minimum Gasteiger partial charge on any atom is -0.495 e. The molecule has 1 aliphatic rings. The summed E-state index contributed by atoms with van der Waals surface area (Å²) in [6.45, 7) is 6.74. The van der Waals surface area contributed by atoms with E-state index in [4.69, 9.17) is 4.74 Å². The lowest BCUT2D eigenvalue weighted by molar-refractivity contribution is -0.904. The predicted molar refractivity (Wildman–Crippen MR) is 101 cm³/mol. The van der Waals surface area contributed by atoms with E-state index in [-0.39, 0.29) is 10.8 Å². The smallest absolute Gasteiger partial charge is 0.279 e. The number of quaternary nitrogens is 1. The maximum atomic E-state index is 12.5. The first-order valence-electron chi connectivity index (χ1n) is 8.87. The number of piperidine rings is 1. The number of rotatable bonds is 6. The van der Waals surface area contributed by atoms with Gasteiger partial charge >= 0.3 is 0 Å². The van der Waals surface area contributed by atoms with Gasteiger partial charge in [-0.3, -0.25) is 4.79 Å². The fourth-order valence-corrected chi connectivity index (χ4v) is 4.57. The summed E-state index contributed by atoms with van der Waals surface area (Å²) >= 11 is 0. The number of amides is 1. The van der Waals surface area contributed by atoms with E-state index in [0.29, 0.717) is 29.8 Å². The van der Waals surface area contributed by atoms with Gasteiger partial charge in [-0.25, -0.2) is 12.7 Å². The van der Waals surface area contributed by atoms with Gasteiger partial charge in [-0.15, -0.1) is 0 Å². The second kappa shape index (κ2) is 8.37. The molecule has 0 spiro atoms. The van der Waals surface area contributed by atoms with Gasteiger partial charge < -0.3 is 15.0 Å². The molecular weight excluding hydrogens is 354 g/mol. The Hall–Kier alpha value is -1.64. The van der Waals surface area contributed by atoms with Gasteiger partial charge in [-0.1, -0.05) is 13.8 Å². The zero-order valence-corrected chi connectivity index (χ0v) is 17.0. The Morgan fingerprint density at radius 2 is 1.88 bits per heavy atom. The average Bonchev–Trinajstić information content (AvgIpc) is 2.53. The Balaban J connectivity index is 2.15. The summed E-state index contributed by atoms with van der Waals surface area (Å²) in [5, 5.41) is 2.82. The summed E-state index contributed by atoms with van der Waals surface area (Å²) in [7, 11) is 0.854. The third-order valence-electron chi connectivity index (χ3n) is 4.71. The third-order valence-corrected chi connectivity index (χ3v) is 6.52. The largest absolute Gasteiger partial charge is 0.495 e. The molecule has 7 nitrogen and oxygen atoms in total. The minimum atomic E-state index is -3.58. The van der Waals surface area contributed by atoms with Crippen molar-refractivity contribution in [3.05, 3.63) is 18.2 Å². The molecule has 26 heavy (non-hydrogen) atoms. The number of methoxy groups -OCH3 is 1. The van der Waals surface area contributed by atoms with Crippen LogP contribution in [0.2, 0.25) is 0 Å². The molecule has 2 N–H and O–H groups in total. The van der Waals surface area contributed by atoms with Crippen molar-refractivity contribution in [1.29, 1.82) is 0 Å². The van der Waals surface area contributed by atoms with Crippen LogP contribution < -0.4 is 15.0 Å². The molecule has 0 radical (unpaired) electrons. The number of carbonyl (C=O) groups is 1. The number of ether oxygens (including phenoxy) is 1. The number of nitrogens with one attached hydrogen (secondary N) is 2. The number of anilines is 1. The summed E-state index contributed by atoms with van der Waals surface area (Å²) < 4.78 is 31.1. The highest BCUT2D eigenvalue weighted by atomic mass is 32.2. The van der Waals surface area contributed by atoms with Crippen LogP contribution in [0.15, 0.2) is 23.1 Å². The molecule has 8 heteroatoms. The molecule has 1 fully saturated rings. The Bertz CT molecular complexity index is 739. The molecule has 1 aliphatic heterocycles. The number of hydrogen-bond acceptors (Lipinski definition) is 4. The number of benzene rings is 1. The van der Waals surface area contributed by atoms with E-state index >= 15 is 0 Å². The average molecular weight is 385 g/mol. The Labute approximate surface area is 156 Å². The molecule has 1 amide bonds. The number of carbonyl (C=O) groups excluding carboxylic acids is 1. The van der Waals surface area contributed by atoms with Crippen molar-refractivity contribution in [3.63, 3.8) is 0 Å². The van der Waals surface area contributed by atoms with Crippen LogP contribution in [0.4, 0.5) is 5.69 Å². The highest BCUT2D eigenvalue weighted by Gasteiger charge is 2.27. The lowest BCUT2D eigenvalue weighted by Gasteiger charge is -2.31. The van der Waals surface area contributed by atoms with Crippen molar-refractivity contribution in [2.45, 2.75) is 25.2 Å². The predicted octanol–water partition coefficient (Wildman–Crippen LogP) is 0.445. The van der Waals surface area contributed by atoms with Crippen LogP contribution in [0.3, 0.4) is 0 Å². The Kier molecular flexibility index (Phi) is 6.65. The van der Waals surface area contributed by atoms with Crippen LogP contribution in [0, 0.1) is 11.8 Å². The fraction of sp³-hybridized carbons (Fsp3) is 0.611. The monoisotopic (exact) mass is 384 g/mol. The molecule has 0 unspecified atom stereocenters. The van der Waals surface area contributed by atoms with Gasteiger partial charge in [0.1, 0.15) is 5.75 Å². The summed E-state index contributed by atoms with van der Waals surface area (Å²) in [6, 6.07) is 4.48. The summed E-state index contributed by atoms with van der Waals surface area (Å²) in [5.41, 5.74) is 0.373. The molecule has 0 bridgehead atoms. The van der Waals surface area contributed by atoms with Gasteiger partial charge in [0.15, 0.2) is 6.54 Å². The van der Waals surface area contributed by atoms with Crippen molar-refractivity contribution in [2.24, 2.45) is 11.8 Å². The quantitative estimate of drug-likeness (QED) is 0.746. The molecule has 1 heterocycles. The van der Waals surface area contributed by atoms with Gasteiger partial charge in [0.25, 0.3) is 5.91 Å². The van der Waals surface area contributed by atoms with Crippen molar-refractivity contribution >= 4 is 21.6 Å². The zero-order valence-electron chi connectivity index (χ0n) is 16.2. The summed E-state index contributed by atoms with van der Waals surface area (Å²) in [4.78, 5) is 13.9. The van der Waals surface area contributed by atoms with Crippen molar-refractivity contribution in [2.75, 3.05) is 46.2 Å². The molecule has 1 aromatic carbocycles. The second-order valence-corrected chi connectivity index (χ2v) is 9.63. The van der Waals surface area contributed by atoms with E-state index in [1.165, 1.54) is 44.7 Å². The Morgan fingerprint density at radius 1 is 1.27 bits per heavy atom. The highest BCUT2D eigenvalue weighted by molar-refractivity contribution is 7.89. The topological polar surface area (TPSA) is 80.2 Å². The number of likely N-dealkylation sites (tertiary alicyclic amines) is 1. The number of sulfonamides is 1. The maximum Gasteiger partial charge on any atom is 0.279 e. The molecule has 146 valence electrons. The van der Waals surface area contributed by atoms with Gasteiger partial charge in [0.2, 0.25) is 10.0 Å². The highest BCUT2D eigenvalue weighted by Crippen LogP contribution is 2.28. The van der Waals surface area contributed by atoms with E-state index in [1.807, 2.05) is 0 Å². The minimum absolute atomic E-state index is 0.117. The van der Waals surface area contributed by atoms with E-state index in [9.17, 15) is 13.2 Å². The van der Waals surface area contributed by atoms with Gasteiger partial charge in [0, 0.05) is 25.9 Å². The van der Waals surface area contributed by atoms with Crippen LogP contribution in [0.1, 0.15) is 20.3 Å². The molecule has 1 saturated heterocycles. The van der Waals surface area contributed by atoms with Crippen molar-refractivity contribution in [3.8, 4) is 5.75 Å². The van der Waals surface area contributed by atoms with Crippen LogP contribution >= 0.6 is 0 Å². The Morgan fingerprint density at radius 3 is 2.42 bits per heavy atom. The first-order chi connectivity index (χ1) is 12.1. The number of hydrogen-bond donors (Lipinski definition) is 2. The third kappa shape index (κ3) is 4.96. The first-order valence-corrected chi connectivity index (χ1v) is 10.3. The van der Waals surface area contributed by atoms with Crippen LogP contribution in [0.25, 0.3) is 0 Å². The van der Waals surface area contributed by atoms with E-state index in [2.05, 4.69) is 19.2 Å². The molecular formula is C18H30N3O4S+. The van der Waals surface area contributed by atoms with Crippen molar-refractivity contribution < 1.29 is 22.8 Å². The second-order valence-electron chi connectivity index (χ2n) is 7.48. The van der Waals surface area contributed by atoms with Crippen LogP contribution in [-0.2, 0) is 14.8 Å². The first kappa shape index (κ1) is 20.7. The normalized spacial score (nSPS) is 23.7. The van der Waals surface area contributed by atoms with Gasteiger partial charge in [-0.05, 0) is 24.6 Å². The zero-order chi connectivity index (χ0) is 19.5. The molecule has 0 aliphatic carbocycles. The fourth-order valence-electron chi connectivity index (χ4n) is 3.64. The SMILES string of the molecule is COc1ccc(S(=O)(=O)N(C)C)cc1NC(=O)C[NH+]1C[C@H](C)C[C@@H](C)C1. The van der Waals surface area contributed by atoms with Crippen LogP contribution in [0.5, 0.6) is 5.75 Å². The standard InChI is InChI=1S/C18H29N3O4S/c1-13-8-14(2)11-21(10-13)12-18(22)19-16-9-15(6-7-17(16)25-5)26(23,24)20(3)4/h6-7,9,13-14H,8,10-12H2,1-5H3,(H,19,22)/p+1/t13-,14-/m1/s1. The number of nitrogens with zero attached hydrogens (tertiary/aromatic N) is 1. The lowest BCUT2D eigenvalue weighted by Crippen LogP contribution is -3.15. The van der Waals surface area contributed by atoms with Crippen molar-refractivity contribution in [1.82, 2.24) is 4.31 Å². The molecule has 2 atom stereocenters. The van der Waals surface area contributed by atoms with E-state index in [1.54, 1.807) is 6.07 Å².